The van der Waals surface area contributed by atoms with Gasteiger partial charge in [0.05, 0.1) is 11.8 Å². The van der Waals surface area contributed by atoms with E-state index in [1.54, 1.807) is 19.1 Å². The monoisotopic (exact) mass is 269 g/mol. The van der Waals surface area contributed by atoms with E-state index in [4.69, 9.17) is 0 Å². The smallest absolute Gasteiger partial charge is 0.123 e. The number of pyridine rings is 1. The Hall–Kier alpha value is -1.000. The standard InChI is InChI=1S/C11H9BrFNO/c1-6(15)10-5-7-4-8(13)2-3-9(7)11(12)14-10/h2-6,15H,1H3. The van der Waals surface area contributed by atoms with Gasteiger partial charge in [-0.3, -0.25) is 0 Å². The molecule has 0 saturated carbocycles. The Morgan fingerprint density at radius 2 is 2.13 bits per heavy atom. The number of hydrogen-bond acceptors (Lipinski definition) is 2. The van der Waals surface area contributed by atoms with Gasteiger partial charge in [-0.05, 0) is 52.5 Å². The molecule has 78 valence electrons. The van der Waals surface area contributed by atoms with Crippen LogP contribution in [0.2, 0.25) is 0 Å². The maximum absolute atomic E-state index is 13.0. The van der Waals surface area contributed by atoms with Gasteiger partial charge in [0.15, 0.2) is 0 Å². The van der Waals surface area contributed by atoms with E-state index in [0.717, 1.165) is 10.8 Å². The highest BCUT2D eigenvalue weighted by atomic mass is 79.9. The summed E-state index contributed by atoms with van der Waals surface area (Å²) in [4.78, 5) is 4.17. The number of halogens is 2. The fourth-order valence-electron chi connectivity index (χ4n) is 1.42. The zero-order valence-electron chi connectivity index (χ0n) is 8.04. The van der Waals surface area contributed by atoms with Gasteiger partial charge >= 0.3 is 0 Å². The summed E-state index contributed by atoms with van der Waals surface area (Å²) in [6, 6.07) is 6.16. The topological polar surface area (TPSA) is 33.1 Å². The molecule has 1 atom stereocenters. The van der Waals surface area contributed by atoms with Gasteiger partial charge in [-0.15, -0.1) is 0 Å². The molecular weight excluding hydrogens is 261 g/mol. The summed E-state index contributed by atoms with van der Waals surface area (Å²) in [5.41, 5.74) is 0.528. The molecule has 0 fully saturated rings. The van der Waals surface area contributed by atoms with E-state index >= 15 is 0 Å². The van der Waals surface area contributed by atoms with Crippen molar-refractivity contribution in [2.75, 3.05) is 0 Å². The Bertz CT molecular complexity index is 513. The number of benzene rings is 1. The first kappa shape index (κ1) is 10.5. The molecule has 0 aliphatic heterocycles. The van der Waals surface area contributed by atoms with E-state index in [0.29, 0.717) is 10.3 Å². The van der Waals surface area contributed by atoms with E-state index in [2.05, 4.69) is 20.9 Å². The second-order valence-corrected chi connectivity index (χ2v) is 4.13. The number of hydrogen-bond donors (Lipinski definition) is 1. The number of aliphatic hydroxyl groups is 1. The number of aliphatic hydroxyl groups excluding tert-OH is 1. The Morgan fingerprint density at radius 1 is 1.40 bits per heavy atom. The van der Waals surface area contributed by atoms with Crippen LogP contribution in [0.4, 0.5) is 4.39 Å². The fourth-order valence-corrected chi connectivity index (χ4v) is 1.99. The first-order valence-electron chi connectivity index (χ1n) is 4.51. The van der Waals surface area contributed by atoms with E-state index in [9.17, 15) is 9.50 Å². The van der Waals surface area contributed by atoms with E-state index < -0.39 is 6.10 Å². The van der Waals surface area contributed by atoms with Gasteiger partial charge in [0.2, 0.25) is 0 Å². The zero-order chi connectivity index (χ0) is 11.0. The highest BCUT2D eigenvalue weighted by molar-refractivity contribution is 9.10. The zero-order valence-corrected chi connectivity index (χ0v) is 9.62. The molecule has 2 aromatic rings. The average Bonchev–Trinajstić information content (AvgIpc) is 2.16. The van der Waals surface area contributed by atoms with Crippen LogP contribution in [-0.4, -0.2) is 10.1 Å². The Balaban J connectivity index is 2.74. The lowest BCUT2D eigenvalue weighted by atomic mass is 10.1. The van der Waals surface area contributed by atoms with Crippen molar-refractivity contribution < 1.29 is 9.50 Å². The highest BCUT2D eigenvalue weighted by Gasteiger charge is 2.08. The quantitative estimate of drug-likeness (QED) is 0.807. The predicted molar refractivity (Wildman–Crippen MR) is 60.0 cm³/mol. The van der Waals surface area contributed by atoms with Gasteiger partial charge in [-0.1, -0.05) is 0 Å². The molecule has 1 aromatic heterocycles. The molecule has 2 rings (SSSR count). The Kier molecular flexibility index (Phi) is 2.71. The molecular formula is C11H9BrFNO. The molecule has 0 spiro atoms. The highest BCUT2D eigenvalue weighted by Crippen LogP contribution is 2.25. The molecule has 1 aromatic carbocycles. The SMILES string of the molecule is CC(O)c1cc2cc(F)ccc2c(Br)n1. The summed E-state index contributed by atoms with van der Waals surface area (Å²) in [7, 11) is 0. The lowest BCUT2D eigenvalue weighted by molar-refractivity contribution is 0.194. The molecule has 4 heteroatoms. The summed E-state index contributed by atoms with van der Waals surface area (Å²) in [6.07, 6.45) is -0.658. The lowest BCUT2D eigenvalue weighted by Crippen LogP contribution is -1.96. The summed E-state index contributed by atoms with van der Waals surface area (Å²) < 4.78 is 13.6. The van der Waals surface area contributed by atoms with Crippen LogP contribution in [0.1, 0.15) is 18.7 Å². The molecule has 0 aliphatic carbocycles. The Morgan fingerprint density at radius 3 is 2.80 bits per heavy atom. The first-order valence-corrected chi connectivity index (χ1v) is 5.31. The molecule has 0 aliphatic rings. The maximum Gasteiger partial charge on any atom is 0.123 e. The van der Waals surface area contributed by atoms with Crippen LogP contribution in [0, 0.1) is 5.82 Å². The van der Waals surface area contributed by atoms with E-state index in [1.807, 2.05) is 0 Å². The van der Waals surface area contributed by atoms with Crippen molar-refractivity contribution in [2.24, 2.45) is 0 Å². The normalized spacial score (nSPS) is 13.1. The van der Waals surface area contributed by atoms with E-state index in [1.165, 1.54) is 12.1 Å². The second-order valence-electron chi connectivity index (χ2n) is 3.38. The predicted octanol–water partition coefficient (Wildman–Crippen LogP) is 3.19. The van der Waals surface area contributed by atoms with Gasteiger partial charge in [0, 0.05) is 5.39 Å². The average molecular weight is 270 g/mol. The number of rotatable bonds is 1. The van der Waals surface area contributed by atoms with Gasteiger partial charge in [-0.25, -0.2) is 9.37 Å². The van der Waals surface area contributed by atoms with E-state index in [-0.39, 0.29) is 5.82 Å². The maximum atomic E-state index is 13.0. The van der Waals surface area contributed by atoms with Crippen LogP contribution in [-0.2, 0) is 0 Å². The molecule has 0 bridgehead atoms. The fraction of sp³-hybridized carbons (Fsp3) is 0.182. The van der Waals surface area contributed by atoms with Crippen molar-refractivity contribution in [3.05, 3.63) is 40.4 Å². The molecule has 0 radical (unpaired) electrons. The summed E-state index contributed by atoms with van der Waals surface area (Å²) in [5.74, 6) is -0.294. The molecule has 0 amide bonds. The molecule has 1 N–H and O–H groups in total. The van der Waals surface area contributed by atoms with Gasteiger partial charge in [-0.2, -0.15) is 0 Å². The first-order chi connectivity index (χ1) is 7.08. The van der Waals surface area contributed by atoms with Crippen LogP contribution in [0.25, 0.3) is 10.8 Å². The molecule has 0 saturated heterocycles. The second kappa shape index (κ2) is 3.87. The molecule has 1 heterocycles. The van der Waals surface area contributed by atoms with Crippen molar-refractivity contribution in [3.8, 4) is 0 Å². The minimum atomic E-state index is -0.658. The number of fused-ring (bicyclic) bond motifs is 1. The molecule has 2 nitrogen and oxygen atoms in total. The van der Waals surface area contributed by atoms with Crippen molar-refractivity contribution in [3.63, 3.8) is 0 Å². The Labute approximate surface area is 94.9 Å². The summed E-state index contributed by atoms with van der Waals surface area (Å²) >= 11 is 3.30. The minimum Gasteiger partial charge on any atom is -0.387 e. The molecule has 15 heavy (non-hydrogen) atoms. The van der Waals surface area contributed by atoms with Crippen LogP contribution in [0.15, 0.2) is 28.9 Å². The number of aromatic nitrogens is 1. The van der Waals surface area contributed by atoms with Crippen molar-refractivity contribution in [2.45, 2.75) is 13.0 Å². The van der Waals surface area contributed by atoms with Crippen LogP contribution in [0.3, 0.4) is 0 Å². The third kappa shape index (κ3) is 2.01. The minimum absolute atomic E-state index is 0.294. The summed E-state index contributed by atoms with van der Waals surface area (Å²) in [5, 5.41) is 11.0. The van der Waals surface area contributed by atoms with Crippen molar-refractivity contribution in [1.29, 1.82) is 0 Å². The summed E-state index contributed by atoms with van der Waals surface area (Å²) in [6.45, 7) is 1.62. The largest absolute Gasteiger partial charge is 0.387 e. The van der Waals surface area contributed by atoms with Gasteiger partial charge in [0.1, 0.15) is 10.4 Å². The van der Waals surface area contributed by atoms with Crippen molar-refractivity contribution >= 4 is 26.7 Å². The number of nitrogens with zero attached hydrogens (tertiary/aromatic N) is 1. The van der Waals surface area contributed by atoms with Gasteiger partial charge < -0.3 is 5.11 Å². The third-order valence-corrected chi connectivity index (χ3v) is 2.80. The van der Waals surface area contributed by atoms with Crippen LogP contribution in [0.5, 0.6) is 0 Å². The molecule has 1 unspecified atom stereocenters. The third-order valence-electron chi connectivity index (χ3n) is 2.19. The van der Waals surface area contributed by atoms with Gasteiger partial charge in [0.25, 0.3) is 0 Å². The van der Waals surface area contributed by atoms with Crippen molar-refractivity contribution in [1.82, 2.24) is 4.98 Å². The van der Waals surface area contributed by atoms with Crippen LogP contribution < -0.4 is 0 Å². The van der Waals surface area contributed by atoms with Crippen LogP contribution >= 0.6 is 15.9 Å². The lowest BCUT2D eigenvalue weighted by Gasteiger charge is -2.07.